The Bertz CT molecular complexity index is 442. The molecule has 1 aromatic heterocycles. The molecule has 1 aromatic carbocycles. The summed E-state index contributed by atoms with van der Waals surface area (Å²) in [5.74, 6) is -0.422. The zero-order chi connectivity index (χ0) is 9.97. The summed E-state index contributed by atoms with van der Waals surface area (Å²) in [7, 11) is 0. The molecule has 0 aliphatic heterocycles. The van der Waals surface area contributed by atoms with Gasteiger partial charge in [-0.2, -0.15) is 0 Å². The fourth-order valence-electron chi connectivity index (χ4n) is 1.22. The minimum absolute atomic E-state index is 0.330. The minimum Gasteiger partial charge on any atom is -0.252 e. The maximum atomic E-state index is 12.7. The Morgan fingerprint density at radius 1 is 1.14 bits per heavy atom. The molecule has 2 aromatic rings. The Kier molecular flexibility index (Phi) is 2.46. The summed E-state index contributed by atoms with van der Waals surface area (Å²) in [4.78, 5) is 3.94. The van der Waals surface area contributed by atoms with Crippen LogP contribution in [-0.4, -0.2) is 4.98 Å². The fraction of sp³-hybridized carbons (Fsp3) is 0. The van der Waals surface area contributed by atoms with Crippen LogP contribution < -0.4 is 0 Å². The van der Waals surface area contributed by atoms with Gasteiger partial charge < -0.3 is 0 Å². The van der Waals surface area contributed by atoms with E-state index in [9.17, 15) is 4.39 Å². The van der Waals surface area contributed by atoms with Gasteiger partial charge in [0.25, 0.3) is 0 Å². The lowest BCUT2D eigenvalue weighted by molar-refractivity contribution is 0.622. The monoisotopic (exact) mass is 207 g/mol. The van der Waals surface area contributed by atoms with Crippen LogP contribution in [0.1, 0.15) is 0 Å². The van der Waals surface area contributed by atoms with Crippen molar-refractivity contribution in [2.75, 3.05) is 0 Å². The molecule has 0 spiro atoms. The molecule has 0 fully saturated rings. The highest BCUT2D eigenvalue weighted by atomic mass is 35.5. The van der Waals surface area contributed by atoms with Crippen molar-refractivity contribution in [3.63, 3.8) is 0 Å². The van der Waals surface area contributed by atoms with Crippen LogP contribution in [-0.2, 0) is 0 Å². The van der Waals surface area contributed by atoms with Crippen LogP contribution in [0.15, 0.2) is 42.6 Å². The highest BCUT2D eigenvalue weighted by molar-refractivity contribution is 6.33. The second kappa shape index (κ2) is 3.76. The van der Waals surface area contributed by atoms with Crippen LogP contribution in [0.2, 0.25) is 5.02 Å². The summed E-state index contributed by atoms with van der Waals surface area (Å²) in [6.07, 6.45) is 1.16. The number of halogens is 2. The summed E-state index contributed by atoms with van der Waals surface area (Å²) in [6.45, 7) is 0. The summed E-state index contributed by atoms with van der Waals surface area (Å²) in [6, 6.07) is 10.7. The van der Waals surface area contributed by atoms with Crippen LogP contribution in [0.25, 0.3) is 11.3 Å². The molecular weight excluding hydrogens is 201 g/mol. The van der Waals surface area contributed by atoms with E-state index in [1.165, 1.54) is 6.07 Å². The smallest absolute Gasteiger partial charge is 0.143 e. The van der Waals surface area contributed by atoms with Crippen molar-refractivity contribution < 1.29 is 4.39 Å². The van der Waals surface area contributed by atoms with E-state index in [0.29, 0.717) is 10.7 Å². The first-order valence-corrected chi connectivity index (χ1v) is 4.51. The third-order valence-corrected chi connectivity index (χ3v) is 2.14. The van der Waals surface area contributed by atoms with E-state index >= 15 is 0 Å². The lowest BCUT2D eigenvalue weighted by Gasteiger charge is -2.02. The van der Waals surface area contributed by atoms with Crippen LogP contribution in [0.4, 0.5) is 4.39 Å². The number of aromatic nitrogens is 1. The molecule has 70 valence electrons. The van der Waals surface area contributed by atoms with Gasteiger partial charge >= 0.3 is 0 Å². The lowest BCUT2D eigenvalue weighted by atomic mass is 10.1. The predicted molar refractivity (Wildman–Crippen MR) is 54.6 cm³/mol. The van der Waals surface area contributed by atoms with Crippen molar-refractivity contribution in [2.24, 2.45) is 0 Å². The quantitative estimate of drug-likeness (QED) is 0.697. The predicted octanol–water partition coefficient (Wildman–Crippen LogP) is 3.54. The van der Waals surface area contributed by atoms with Crippen molar-refractivity contribution in [1.29, 1.82) is 0 Å². The van der Waals surface area contributed by atoms with Crippen LogP contribution in [0, 0.1) is 5.82 Å². The molecular formula is C11H7ClFN. The Hall–Kier alpha value is -1.41. The maximum Gasteiger partial charge on any atom is 0.143 e. The van der Waals surface area contributed by atoms with Crippen molar-refractivity contribution in [2.45, 2.75) is 0 Å². The molecule has 0 saturated heterocycles. The molecule has 0 aliphatic carbocycles. The van der Waals surface area contributed by atoms with Crippen molar-refractivity contribution >= 4 is 11.6 Å². The van der Waals surface area contributed by atoms with Crippen LogP contribution >= 0.6 is 11.6 Å². The van der Waals surface area contributed by atoms with Gasteiger partial charge in [0, 0.05) is 5.56 Å². The molecule has 2 rings (SSSR count). The molecule has 0 N–H and O–H groups in total. The molecule has 14 heavy (non-hydrogen) atoms. The Labute approximate surface area is 86.2 Å². The maximum absolute atomic E-state index is 12.7. The third-order valence-electron chi connectivity index (χ3n) is 1.86. The molecule has 0 radical (unpaired) electrons. The first-order chi connectivity index (χ1) is 6.77. The van der Waals surface area contributed by atoms with Crippen molar-refractivity contribution in [3.8, 4) is 11.3 Å². The van der Waals surface area contributed by atoms with Gasteiger partial charge in [-0.15, -0.1) is 0 Å². The molecule has 0 atom stereocenters. The van der Waals surface area contributed by atoms with E-state index in [2.05, 4.69) is 4.98 Å². The van der Waals surface area contributed by atoms with E-state index in [4.69, 9.17) is 11.6 Å². The number of hydrogen-bond donors (Lipinski definition) is 0. The highest BCUT2D eigenvalue weighted by Crippen LogP contribution is 2.25. The molecule has 0 saturated carbocycles. The standard InChI is InChI=1S/C11H7ClFN/c12-10-6-9(13)7-14-11(10)8-4-2-1-3-5-8/h1-7H. The van der Waals surface area contributed by atoms with Gasteiger partial charge in [0.05, 0.1) is 16.9 Å². The van der Waals surface area contributed by atoms with Gasteiger partial charge in [0.2, 0.25) is 0 Å². The topological polar surface area (TPSA) is 12.9 Å². The first kappa shape index (κ1) is 9.16. The van der Waals surface area contributed by atoms with Gasteiger partial charge in [-0.25, -0.2) is 4.39 Å². The number of benzene rings is 1. The molecule has 1 nitrogen and oxygen atoms in total. The van der Waals surface area contributed by atoms with E-state index in [-0.39, 0.29) is 0 Å². The summed E-state index contributed by atoms with van der Waals surface area (Å²) < 4.78 is 12.7. The van der Waals surface area contributed by atoms with E-state index in [1.54, 1.807) is 0 Å². The second-order valence-corrected chi connectivity index (χ2v) is 3.26. The van der Waals surface area contributed by atoms with Crippen LogP contribution in [0.3, 0.4) is 0 Å². The SMILES string of the molecule is Fc1cnc(-c2ccccc2)c(Cl)c1. The Morgan fingerprint density at radius 2 is 1.86 bits per heavy atom. The first-order valence-electron chi connectivity index (χ1n) is 4.14. The normalized spacial score (nSPS) is 10.1. The number of hydrogen-bond acceptors (Lipinski definition) is 1. The molecule has 0 amide bonds. The fourth-order valence-corrected chi connectivity index (χ4v) is 1.49. The van der Waals surface area contributed by atoms with Gasteiger partial charge in [-0.3, -0.25) is 4.98 Å². The summed E-state index contributed by atoms with van der Waals surface area (Å²) in [5.41, 5.74) is 1.49. The van der Waals surface area contributed by atoms with Gasteiger partial charge in [0.15, 0.2) is 0 Å². The van der Waals surface area contributed by atoms with Gasteiger partial charge in [-0.05, 0) is 6.07 Å². The van der Waals surface area contributed by atoms with Crippen LogP contribution in [0.5, 0.6) is 0 Å². The summed E-state index contributed by atoms with van der Waals surface area (Å²) >= 11 is 5.86. The van der Waals surface area contributed by atoms with E-state index in [0.717, 1.165) is 11.8 Å². The summed E-state index contributed by atoms with van der Waals surface area (Å²) in [5, 5.41) is 0.330. The Morgan fingerprint density at radius 3 is 2.50 bits per heavy atom. The molecule has 0 unspecified atom stereocenters. The third kappa shape index (κ3) is 1.75. The second-order valence-electron chi connectivity index (χ2n) is 2.85. The molecule has 0 aliphatic rings. The number of rotatable bonds is 1. The number of pyridine rings is 1. The molecule has 1 heterocycles. The van der Waals surface area contributed by atoms with E-state index in [1.807, 2.05) is 30.3 Å². The zero-order valence-electron chi connectivity index (χ0n) is 7.24. The van der Waals surface area contributed by atoms with Gasteiger partial charge in [0.1, 0.15) is 5.82 Å². The number of nitrogens with zero attached hydrogens (tertiary/aromatic N) is 1. The minimum atomic E-state index is -0.422. The average Bonchev–Trinajstić information content (AvgIpc) is 2.19. The van der Waals surface area contributed by atoms with Gasteiger partial charge in [-0.1, -0.05) is 41.9 Å². The average molecular weight is 208 g/mol. The lowest BCUT2D eigenvalue weighted by Crippen LogP contribution is -1.86. The zero-order valence-corrected chi connectivity index (χ0v) is 8.00. The van der Waals surface area contributed by atoms with Crippen molar-refractivity contribution in [3.05, 3.63) is 53.4 Å². The van der Waals surface area contributed by atoms with Crippen molar-refractivity contribution in [1.82, 2.24) is 4.98 Å². The van der Waals surface area contributed by atoms with E-state index < -0.39 is 5.82 Å². The largest absolute Gasteiger partial charge is 0.252 e. The molecule has 3 heteroatoms. The molecule has 0 bridgehead atoms. The Balaban J connectivity index is 2.53. The highest BCUT2D eigenvalue weighted by Gasteiger charge is 2.04.